The molecule has 0 aliphatic carbocycles. The van der Waals surface area contributed by atoms with Crippen LogP contribution in [0, 0.1) is 5.82 Å². The third-order valence-electron chi connectivity index (χ3n) is 3.59. The van der Waals surface area contributed by atoms with E-state index in [1.807, 2.05) is 0 Å². The van der Waals surface area contributed by atoms with Gasteiger partial charge in [0.15, 0.2) is 0 Å². The summed E-state index contributed by atoms with van der Waals surface area (Å²) in [5.41, 5.74) is 0.174. The number of sulfonamides is 1. The van der Waals surface area contributed by atoms with Crippen molar-refractivity contribution in [3.8, 4) is 5.88 Å². The molecule has 1 fully saturated rings. The number of aryl methyl sites for hydroxylation is 1. The number of aromatic nitrogens is 2. The third-order valence-corrected chi connectivity index (χ3v) is 5.43. The number of alkyl halides is 3. The van der Waals surface area contributed by atoms with Crippen LogP contribution in [0.25, 0.3) is 0 Å². The lowest BCUT2D eigenvalue weighted by Gasteiger charge is -2.17. The molecule has 1 aromatic rings. The lowest BCUT2D eigenvalue weighted by Crippen LogP contribution is -2.34. The minimum absolute atomic E-state index is 0.0260. The summed E-state index contributed by atoms with van der Waals surface area (Å²) in [7, 11) is -4.03. The molecule has 24 heavy (non-hydrogen) atoms. The standard InChI is InChI=1S/C13H17F4N3O3S/c1-2-10-11(14)12(19-8-18-10)23-9-3-5-20(7-9)24(21,22)6-4-13(15,16)17/h8-9H,2-7H2,1H3/t9-/m0/s1. The van der Waals surface area contributed by atoms with Gasteiger partial charge in [0.05, 0.1) is 24.4 Å². The van der Waals surface area contributed by atoms with E-state index in [4.69, 9.17) is 4.74 Å². The van der Waals surface area contributed by atoms with Crippen LogP contribution in [-0.2, 0) is 16.4 Å². The topological polar surface area (TPSA) is 72.4 Å². The molecule has 0 spiro atoms. The van der Waals surface area contributed by atoms with Crippen molar-refractivity contribution in [2.45, 2.75) is 38.5 Å². The van der Waals surface area contributed by atoms with E-state index >= 15 is 0 Å². The van der Waals surface area contributed by atoms with Crippen molar-refractivity contribution in [1.29, 1.82) is 0 Å². The molecule has 0 N–H and O–H groups in total. The van der Waals surface area contributed by atoms with E-state index in [0.717, 1.165) is 10.6 Å². The van der Waals surface area contributed by atoms with Gasteiger partial charge in [-0.05, 0) is 12.8 Å². The van der Waals surface area contributed by atoms with E-state index in [-0.39, 0.29) is 31.1 Å². The predicted molar refractivity (Wildman–Crippen MR) is 76.4 cm³/mol. The number of ether oxygens (including phenoxy) is 1. The van der Waals surface area contributed by atoms with Gasteiger partial charge < -0.3 is 4.74 Å². The first-order valence-electron chi connectivity index (χ1n) is 7.33. The molecular formula is C13H17F4N3O3S. The Morgan fingerprint density at radius 2 is 2.08 bits per heavy atom. The molecule has 0 radical (unpaired) electrons. The molecule has 2 rings (SSSR count). The third kappa shape index (κ3) is 4.76. The fourth-order valence-electron chi connectivity index (χ4n) is 2.29. The highest BCUT2D eigenvalue weighted by molar-refractivity contribution is 7.89. The maximum absolute atomic E-state index is 14.0. The molecule has 6 nitrogen and oxygen atoms in total. The minimum atomic E-state index is -4.54. The van der Waals surface area contributed by atoms with E-state index in [1.165, 1.54) is 0 Å². The van der Waals surface area contributed by atoms with Crippen LogP contribution in [0.15, 0.2) is 6.33 Å². The van der Waals surface area contributed by atoms with Crippen molar-refractivity contribution in [3.05, 3.63) is 17.8 Å². The summed E-state index contributed by atoms with van der Waals surface area (Å²) < 4.78 is 80.7. The Balaban J connectivity index is 1.98. The monoisotopic (exact) mass is 371 g/mol. The number of halogens is 4. The summed E-state index contributed by atoms with van der Waals surface area (Å²) in [6, 6.07) is 0. The van der Waals surface area contributed by atoms with Crippen LogP contribution >= 0.6 is 0 Å². The van der Waals surface area contributed by atoms with E-state index in [2.05, 4.69) is 9.97 Å². The van der Waals surface area contributed by atoms with Gasteiger partial charge in [-0.1, -0.05) is 6.92 Å². The Morgan fingerprint density at radius 3 is 2.71 bits per heavy atom. The highest BCUT2D eigenvalue weighted by Crippen LogP contribution is 2.25. The Bertz CT molecular complexity index is 682. The molecule has 1 atom stereocenters. The maximum Gasteiger partial charge on any atom is 0.390 e. The van der Waals surface area contributed by atoms with Gasteiger partial charge in [-0.15, -0.1) is 0 Å². The van der Waals surface area contributed by atoms with Crippen LogP contribution in [0.3, 0.4) is 0 Å². The van der Waals surface area contributed by atoms with Crippen LogP contribution in [0.4, 0.5) is 17.6 Å². The number of hydrogen-bond acceptors (Lipinski definition) is 5. The first-order chi connectivity index (χ1) is 11.1. The Morgan fingerprint density at radius 1 is 1.38 bits per heavy atom. The molecule has 1 aliphatic heterocycles. The zero-order valence-corrected chi connectivity index (χ0v) is 13.7. The Labute approximate surface area is 136 Å². The van der Waals surface area contributed by atoms with Crippen molar-refractivity contribution in [3.63, 3.8) is 0 Å². The van der Waals surface area contributed by atoms with Crippen LogP contribution in [0.5, 0.6) is 5.88 Å². The van der Waals surface area contributed by atoms with Gasteiger partial charge >= 0.3 is 6.18 Å². The highest BCUT2D eigenvalue weighted by Gasteiger charge is 2.36. The molecule has 0 aromatic carbocycles. The molecular weight excluding hydrogens is 354 g/mol. The fourth-order valence-corrected chi connectivity index (χ4v) is 3.82. The quantitative estimate of drug-likeness (QED) is 0.715. The van der Waals surface area contributed by atoms with E-state index < -0.39 is 40.3 Å². The average molecular weight is 371 g/mol. The average Bonchev–Trinajstić information content (AvgIpc) is 2.96. The van der Waals surface area contributed by atoms with Gasteiger partial charge in [0.2, 0.25) is 15.8 Å². The summed E-state index contributed by atoms with van der Waals surface area (Å²) in [6.07, 6.45) is -4.88. The van der Waals surface area contributed by atoms with Gasteiger partial charge in [0, 0.05) is 6.54 Å². The molecule has 1 aromatic heterocycles. The first-order valence-corrected chi connectivity index (χ1v) is 8.94. The van der Waals surface area contributed by atoms with Crippen molar-refractivity contribution < 1.29 is 30.7 Å². The Kier molecular flexibility index (Phi) is 5.63. The lowest BCUT2D eigenvalue weighted by atomic mass is 10.3. The highest BCUT2D eigenvalue weighted by atomic mass is 32.2. The van der Waals surface area contributed by atoms with Crippen LogP contribution < -0.4 is 4.74 Å². The second kappa shape index (κ2) is 7.18. The summed E-state index contributed by atoms with van der Waals surface area (Å²) in [4.78, 5) is 7.44. The van der Waals surface area contributed by atoms with Crippen LogP contribution in [0.1, 0.15) is 25.5 Å². The van der Waals surface area contributed by atoms with Gasteiger partial charge in [-0.25, -0.2) is 13.4 Å². The molecule has 11 heteroatoms. The van der Waals surface area contributed by atoms with Crippen molar-refractivity contribution in [1.82, 2.24) is 14.3 Å². The second-order valence-electron chi connectivity index (χ2n) is 5.36. The second-order valence-corrected chi connectivity index (χ2v) is 7.45. The van der Waals surface area contributed by atoms with E-state index in [9.17, 15) is 26.0 Å². The zero-order chi connectivity index (χ0) is 18.0. The number of hydrogen-bond donors (Lipinski definition) is 0. The van der Waals surface area contributed by atoms with Gasteiger partial charge in [-0.2, -0.15) is 26.9 Å². The summed E-state index contributed by atoms with van der Waals surface area (Å²) in [5, 5.41) is 0. The molecule has 0 saturated carbocycles. The normalized spacial score (nSPS) is 19.6. The maximum atomic E-state index is 14.0. The summed E-state index contributed by atoms with van der Waals surface area (Å²) in [6.45, 7) is 1.60. The van der Waals surface area contributed by atoms with Crippen molar-refractivity contribution in [2.75, 3.05) is 18.8 Å². The number of nitrogens with zero attached hydrogens (tertiary/aromatic N) is 3. The van der Waals surface area contributed by atoms with Gasteiger partial charge in [-0.3, -0.25) is 0 Å². The molecule has 1 aliphatic rings. The summed E-state index contributed by atoms with van der Waals surface area (Å²) in [5.74, 6) is -2.00. The fraction of sp³-hybridized carbons (Fsp3) is 0.692. The summed E-state index contributed by atoms with van der Waals surface area (Å²) >= 11 is 0. The Hall–Kier alpha value is -1.49. The molecule has 0 unspecified atom stereocenters. The van der Waals surface area contributed by atoms with E-state index in [0.29, 0.717) is 6.42 Å². The smallest absolute Gasteiger partial charge is 0.390 e. The van der Waals surface area contributed by atoms with Gasteiger partial charge in [0.1, 0.15) is 12.4 Å². The first kappa shape index (κ1) is 18.8. The van der Waals surface area contributed by atoms with Crippen molar-refractivity contribution >= 4 is 10.0 Å². The lowest BCUT2D eigenvalue weighted by molar-refractivity contribution is -0.130. The van der Waals surface area contributed by atoms with Crippen LogP contribution in [-0.4, -0.2) is 53.8 Å². The molecule has 2 heterocycles. The zero-order valence-electron chi connectivity index (χ0n) is 12.9. The number of rotatable bonds is 6. The van der Waals surface area contributed by atoms with Crippen molar-refractivity contribution in [2.24, 2.45) is 0 Å². The molecule has 0 bridgehead atoms. The van der Waals surface area contributed by atoms with E-state index in [1.54, 1.807) is 6.92 Å². The van der Waals surface area contributed by atoms with Gasteiger partial charge in [0.25, 0.3) is 5.88 Å². The van der Waals surface area contributed by atoms with Crippen LogP contribution in [0.2, 0.25) is 0 Å². The molecule has 0 amide bonds. The minimum Gasteiger partial charge on any atom is -0.471 e. The predicted octanol–water partition coefficient (Wildman–Crippen LogP) is 1.91. The molecule has 136 valence electrons. The molecule has 1 saturated heterocycles. The largest absolute Gasteiger partial charge is 0.471 e. The SMILES string of the molecule is CCc1ncnc(O[C@H]2CCN(S(=O)(=O)CCC(F)(F)F)C2)c1F.